The molecule has 0 fully saturated rings. The molecule has 0 spiro atoms. The Morgan fingerprint density at radius 3 is 2.27 bits per heavy atom. The molecule has 0 bridgehead atoms. The molecule has 1 amide bonds. The molecule has 1 aromatic rings. The lowest BCUT2D eigenvalue weighted by molar-refractivity contribution is -0.135. The number of likely N-dealkylation sites (N-methyl/N-ethyl adjacent to an activating group) is 1. The van der Waals surface area contributed by atoms with Gasteiger partial charge in [-0.3, -0.25) is 9.59 Å². The molecule has 0 radical (unpaired) electrons. The summed E-state index contributed by atoms with van der Waals surface area (Å²) in [5.74, 6) is -0.896. The highest BCUT2D eigenvalue weighted by Crippen LogP contribution is 2.17. The van der Waals surface area contributed by atoms with E-state index in [1.54, 1.807) is 38.2 Å². The van der Waals surface area contributed by atoms with Crippen molar-refractivity contribution in [1.29, 1.82) is 0 Å². The molecule has 4 heteroatoms. The minimum Gasteiger partial charge on any atom is -0.309 e. The Kier molecular flexibility index (Phi) is 3.86. The van der Waals surface area contributed by atoms with Gasteiger partial charge in [0.25, 0.3) is 5.91 Å². The van der Waals surface area contributed by atoms with E-state index in [1.165, 1.54) is 4.90 Å². The molecule has 80 valence electrons. The van der Waals surface area contributed by atoms with Crippen LogP contribution in [0.1, 0.15) is 13.3 Å². The van der Waals surface area contributed by atoms with Crippen LogP contribution in [0.25, 0.3) is 0 Å². The number of anilines is 1. The Morgan fingerprint density at radius 2 is 1.80 bits per heavy atom. The van der Waals surface area contributed by atoms with Crippen LogP contribution in [0.3, 0.4) is 0 Å². The first kappa shape index (κ1) is 11.7. The number of benzene rings is 1. The van der Waals surface area contributed by atoms with Crippen molar-refractivity contribution in [2.24, 2.45) is 0 Å². The molecule has 0 aliphatic carbocycles. The van der Waals surface area contributed by atoms with Gasteiger partial charge in [-0.15, -0.1) is 0 Å². The first-order chi connectivity index (χ1) is 7.06. The van der Waals surface area contributed by atoms with Gasteiger partial charge in [0.2, 0.25) is 5.78 Å². The molecular formula is C11H12ClNO2. The molecule has 0 N–H and O–H groups in total. The monoisotopic (exact) mass is 225 g/mol. The molecule has 1 rings (SSSR count). The van der Waals surface area contributed by atoms with Crippen LogP contribution >= 0.6 is 11.6 Å². The van der Waals surface area contributed by atoms with Gasteiger partial charge in [0, 0.05) is 24.2 Å². The minimum atomic E-state index is -0.500. The van der Waals surface area contributed by atoms with Crippen LogP contribution in [0.4, 0.5) is 5.69 Å². The third-order valence-corrected chi connectivity index (χ3v) is 2.33. The molecule has 0 heterocycles. The highest BCUT2D eigenvalue weighted by atomic mass is 35.5. The lowest BCUT2D eigenvalue weighted by Crippen LogP contribution is -2.32. The van der Waals surface area contributed by atoms with Crippen LogP contribution in [-0.4, -0.2) is 18.7 Å². The molecule has 3 nitrogen and oxygen atoms in total. The summed E-state index contributed by atoms with van der Waals surface area (Å²) < 4.78 is 0. The molecular weight excluding hydrogens is 214 g/mol. The van der Waals surface area contributed by atoms with Gasteiger partial charge in [-0.25, -0.2) is 0 Å². The molecule has 0 atom stereocenters. The molecule has 0 saturated carbocycles. The molecule has 1 aromatic carbocycles. The number of hydrogen-bond acceptors (Lipinski definition) is 2. The quantitative estimate of drug-likeness (QED) is 0.741. The van der Waals surface area contributed by atoms with Crippen molar-refractivity contribution >= 4 is 29.0 Å². The van der Waals surface area contributed by atoms with E-state index in [2.05, 4.69) is 0 Å². The molecule has 0 aliphatic heterocycles. The fourth-order valence-electron chi connectivity index (χ4n) is 1.12. The molecule has 0 saturated heterocycles. The maximum absolute atomic E-state index is 11.5. The fourth-order valence-corrected chi connectivity index (χ4v) is 1.25. The van der Waals surface area contributed by atoms with Crippen LogP contribution in [0.5, 0.6) is 0 Å². The standard InChI is InChI=1S/C11H12ClNO2/c1-3-10(14)11(15)13(2)9-6-4-8(12)5-7-9/h4-7H,3H2,1-2H3. The SMILES string of the molecule is CCC(=O)C(=O)N(C)c1ccc(Cl)cc1. The lowest BCUT2D eigenvalue weighted by atomic mass is 10.2. The zero-order chi connectivity index (χ0) is 11.4. The van der Waals surface area contributed by atoms with E-state index in [1.807, 2.05) is 0 Å². The third kappa shape index (κ3) is 2.80. The van der Waals surface area contributed by atoms with Crippen molar-refractivity contribution in [2.45, 2.75) is 13.3 Å². The van der Waals surface area contributed by atoms with Crippen molar-refractivity contribution in [2.75, 3.05) is 11.9 Å². The molecule has 0 aromatic heterocycles. The number of carbonyl (C=O) groups excluding carboxylic acids is 2. The third-order valence-electron chi connectivity index (χ3n) is 2.08. The number of nitrogens with zero attached hydrogens (tertiary/aromatic N) is 1. The van der Waals surface area contributed by atoms with Gasteiger partial charge < -0.3 is 4.90 Å². The van der Waals surface area contributed by atoms with E-state index in [9.17, 15) is 9.59 Å². The number of Topliss-reactive ketones (excluding diaryl/α,β-unsaturated/α-hetero) is 1. The van der Waals surface area contributed by atoms with Crippen LogP contribution in [0.15, 0.2) is 24.3 Å². The first-order valence-corrected chi connectivity index (χ1v) is 5.00. The van der Waals surface area contributed by atoms with Gasteiger partial charge in [-0.1, -0.05) is 18.5 Å². The summed E-state index contributed by atoms with van der Waals surface area (Å²) in [4.78, 5) is 24.0. The first-order valence-electron chi connectivity index (χ1n) is 4.62. The second kappa shape index (κ2) is 4.94. The number of rotatable bonds is 3. The number of ketones is 1. The minimum absolute atomic E-state index is 0.219. The maximum atomic E-state index is 11.5. The summed E-state index contributed by atoms with van der Waals surface area (Å²) in [5, 5.41) is 0.599. The summed E-state index contributed by atoms with van der Waals surface area (Å²) in [6.07, 6.45) is 0.219. The summed E-state index contributed by atoms with van der Waals surface area (Å²) >= 11 is 5.72. The van der Waals surface area contributed by atoms with Crippen molar-refractivity contribution in [1.82, 2.24) is 0 Å². The van der Waals surface area contributed by atoms with Gasteiger partial charge >= 0.3 is 0 Å². The summed E-state index contributed by atoms with van der Waals surface area (Å²) in [6, 6.07) is 6.75. The van der Waals surface area contributed by atoms with Gasteiger partial charge in [0.1, 0.15) is 0 Å². The van der Waals surface area contributed by atoms with Crippen LogP contribution in [0.2, 0.25) is 5.02 Å². The highest BCUT2D eigenvalue weighted by Gasteiger charge is 2.17. The van der Waals surface area contributed by atoms with Gasteiger partial charge in [0.15, 0.2) is 0 Å². The van der Waals surface area contributed by atoms with Gasteiger partial charge in [-0.2, -0.15) is 0 Å². The smallest absolute Gasteiger partial charge is 0.294 e. The van der Waals surface area contributed by atoms with Crippen molar-refractivity contribution < 1.29 is 9.59 Å². The highest BCUT2D eigenvalue weighted by molar-refractivity contribution is 6.41. The van der Waals surface area contributed by atoms with Crippen molar-refractivity contribution in [3.8, 4) is 0 Å². The summed E-state index contributed by atoms with van der Waals surface area (Å²) in [6.45, 7) is 1.66. The second-order valence-electron chi connectivity index (χ2n) is 3.12. The number of amides is 1. The Morgan fingerprint density at radius 1 is 1.27 bits per heavy atom. The predicted octanol–water partition coefficient (Wildman–Crippen LogP) is 2.28. The van der Waals surface area contributed by atoms with Gasteiger partial charge in [0.05, 0.1) is 0 Å². The Labute approximate surface area is 93.6 Å². The average Bonchev–Trinajstić information content (AvgIpc) is 2.27. The zero-order valence-electron chi connectivity index (χ0n) is 8.66. The average molecular weight is 226 g/mol. The Hall–Kier alpha value is -1.35. The lowest BCUT2D eigenvalue weighted by Gasteiger charge is -2.15. The zero-order valence-corrected chi connectivity index (χ0v) is 9.41. The van der Waals surface area contributed by atoms with E-state index in [-0.39, 0.29) is 6.42 Å². The largest absolute Gasteiger partial charge is 0.309 e. The van der Waals surface area contributed by atoms with Crippen LogP contribution in [-0.2, 0) is 9.59 Å². The van der Waals surface area contributed by atoms with E-state index in [0.717, 1.165) is 0 Å². The van der Waals surface area contributed by atoms with Gasteiger partial charge in [-0.05, 0) is 24.3 Å². The Bertz CT molecular complexity index is 373. The summed E-state index contributed by atoms with van der Waals surface area (Å²) in [7, 11) is 1.57. The second-order valence-corrected chi connectivity index (χ2v) is 3.55. The molecule has 0 aliphatic rings. The molecule has 15 heavy (non-hydrogen) atoms. The normalized spacial score (nSPS) is 9.80. The van der Waals surface area contributed by atoms with Crippen molar-refractivity contribution in [3.63, 3.8) is 0 Å². The number of carbonyl (C=O) groups is 2. The number of halogens is 1. The fraction of sp³-hybridized carbons (Fsp3) is 0.273. The topological polar surface area (TPSA) is 37.4 Å². The van der Waals surface area contributed by atoms with E-state index < -0.39 is 11.7 Å². The Balaban J connectivity index is 2.85. The maximum Gasteiger partial charge on any atom is 0.294 e. The van der Waals surface area contributed by atoms with Crippen molar-refractivity contribution in [3.05, 3.63) is 29.3 Å². The van der Waals surface area contributed by atoms with E-state index in [4.69, 9.17) is 11.6 Å². The van der Waals surface area contributed by atoms with E-state index in [0.29, 0.717) is 10.7 Å². The van der Waals surface area contributed by atoms with Crippen LogP contribution < -0.4 is 4.90 Å². The predicted molar refractivity (Wildman–Crippen MR) is 60.2 cm³/mol. The number of hydrogen-bond donors (Lipinski definition) is 0. The molecule has 0 unspecified atom stereocenters. The van der Waals surface area contributed by atoms with Crippen LogP contribution in [0, 0.1) is 0 Å². The summed E-state index contributed by atoms with van der Waals surface area (Å²) in [5.41, 5.74) is 0.659. The van der Waals surface area contributed by atoms with E-state index >= 15 is 0 Å².